The van der Waals surface area contributed by atoms with Gasteiger partial charge in [0.1, 0.15) is 17.6 Å². The Bertz CT molecular complexity index is 685. The van der Waals surface area contributed by atoms with Crippen LogP contribution in [-0.4, -0.2) is 27.4 Å². The lowest BCUT2D eigenvalue weighted by Gasteiger charge is -2.16. The molecule has 2 aromatic rings. The van der Waals surface area contributed by atoms with Crippen molar-refractivity contribution in [1.29, 1.82) is 0 Å². The van der Waals surface area contributed by atoms with Crippen molar-refractivity contribution in [2.24, 2.45) is 5.73 Å². The molecule has 0 bridgehead atoms. The van der Waals surface area contributed by atoms with Crippen molar-refractivity contribution in [3.05, 3.63) is 57.5 Å². The molecule has 0 aliphatic heterocycles. The fraction of sp³-hybridized carbons (Fsp3) is 0.250. The summed E-state index contributed by atoms with van der Waals surface area (Å²) in [6.07, 6.45) is 2.13. The maximum Gasteiger partial charge on any atom is 0.405 e. The summed E-state index contributed by atoms with van der Waals surface area (Å²) in [4.78, 5) is 29.8. The van der Waals surface area contributed by atoms with Gasteiger partial charge in [-0.05, 0) is 48.8 Å². The average molecular weight is 415 g/mol. The van der Waals surface area contributed by atoms with E-state index in [2.05, 4.69) is 30.6 Å². The number of ether oxygens (including phenoxy) is 1. The molecule has 0 spiro atoms. The number of carbonyl (C=O) groups is 2. The van der Waals surface area contributed by atoms with Gasteiger partial charge in [0.25, 0.3) is 0 Å². The zero-order chi connectivity index (χ0) is 18.3. The molecule has 0 unspecified atom stereocenters. The van der Waals surface area contributed by atoms with Gasteiger partial charge in [0.15, 0.2) is 0 Å². The predicted octanol–water partition coefficient (Wildman–Crippen LogP) is 4.00. The van der Waals surface area contributed by atoms with Crippen LogP contribution in [0.1, 0.15) is 36.8 Å². The molecule has 1 amide bonds. The summed E-state index contributed by atoms with van der Waals surface area (Å²) >= 11 is 9.17. The minimum Gasteiger partial charge on any atom is -0.444 e. The number of halogens is 2. The van der Waals surface area contributed by atoms with Crippen molar-refractivity contribution in [3.63, 3.8) is 0 Å². The second kappa shape index (κ2) is 8.75. The maximum atomic E-state index is 12.1. The van der Waals surface area contributed by atoms with Crippen molar-refractivity contribution >= 4 is 39.4 Å². The van der Waals surface area contributed by atoms with Crippen LogP contribution in [0, 0.1) is 0 Å². The Morgan fingerprint density at radius 1 is 1.25 bits per heavy atom. The van der Waals surface area contributed by atoms with Gasteiger partial charge in [-0.3, -0.25) is 4.79 Å². The van der Waals surface area contributed by atoms with Crippen LogP contribution in [-0.2, 0) is 4.74 Å². The SMILES string of the molecule is CC(C)(C)OC(N)=O.O=C(c1ccccc1Cl)c1ncncc1Br. The fourth-order valence-corrected chi connectivity index (χ4v) is 2.18. The van der Waals surface area contributed by atoms with E-state index in [-0.39, 0.29) is 5.78 Å². The van der Waals surface area contributed by atoms with Crippen LogP contribution in [0.4, 0.5) is 4.79 Å². The van der Waals surface area contributed by atoms with E-state index in [1.54, 1.807) is 45.0 Å². The highest BCUT2D eigenvalue weighted by Gasteiger charge is 2.16. The molecule has 8 heteroatoms. The molecule has 2 rings (SSSR count). The molecule has 128 valence electrons. The van der Waals surface area contributed by atoms with Gasteiger partial charge in [0, 0.05) is 11.8 Å². The van der Waals surface area contributed by atoms with E-state index >= 15 is 0 Å². The van der Waals surface area contributed by atoms with Crippen LogP contribution in [0.15, 0.2) is 41.3 Å². The zero-order valence-electron chi connectivity index (χ0n) is 13.4. The molecule has 0 aliphatic carbocycles. The smallest absolute Gasteiger partial charge is 0.405 e. The molecule has 0 saturated heterocycles. The molecule has 6 nitrogen and oxygen atoms in total. The topological polar surface area (TPSA) is 95.2 Å². The van der Waals surface area contributed by atoms with Gasteiger partial charge in [-0.1, -0.05) is 23.7 Å². The summed E-state index contributed by atoms with van der Waals surface area (Å²) in [6, 6.07) is 6.87. The van der Waals surface area contributed by atoms with Gasteiger partial charge in [-0.15, -0.1) is 0 Å². The number of nitrogens with two attached hydrogens (primary N) is 1. The molecule has 24 heavy (non-hydrogen) atoms. The first kappa shape index (κ1) is 20.1. The first-order chi connectivity index (χ1) is 11.1. The maximum absolute atomic E-state index is 12.1. The Morgan fingerprint density at radius 2 is 1.88 bits per heavy atom. The second-order valence-corrected chi connectivity index (χ2v) is 6.82. The van der Waals surface area contributed by atoms with Crippen LogP contribution in [0.25, 0.3) is 0 Å². The molecule has 2 N–H and O–H groups in total. The summed E-state index contributed by atoms with van der Waals surface area (Å²) in [5.41, 5.74) is 5.01. The van der Waals surface area contributed by atoms with Crippen molar-refractivity contribution in [2.75, 3.05) is 0 Å². The monoisotopic (exact) mass is 413 g/mol. The standard InChI is InChI=1S/C11H6BrClN2O.C5H11NO2/c12-8-5-14-6-15-10(8)11(16)7-3-1-2-4-9(7)13;1-5(2,3)8-4(6)7/h1-6H;1-3H3,(H2,6,7). The van der Waals surface area contributed by atoms with Gasteiger partial charge in [-0.25, -0.2) is 14.8 Å². The highest BCUT2D eigenvalue weighted by molar-refractivity contribution is 9.10. The van der Waals surface area contributed by atoms with Crippen LogP contribution >= 0.6 is 27.5 Å². The van der Waals surface area contributed by atoms with Crippen LogP contribution in [0.2, 0.25) is 5.02 Å². The number of hydrogen-bond donors (Lipinski definition) is 1. The molecular weight excluding hydrogens is 398 g/mol. The highest BCUT2D eigenvalue weighted by Crippen LogP contribution is 2.21. The van der Waals surface area contributed by atoms with Gasteiger partial charge < -0.3 is 10.5 Å². The number of benzene rings is 1. The van der Waals surface area contributed by atoms with Crippen LogP contribution in [0.3, 0.4) is 0 Å². The second-order valence-electron chi connectivity index (χ2n) is 5.56. The average Bonchev–Trinajstić information content (AvgIpc) is 2.45. The van der Waals surface area contributed by atoms with E-state index in [0.717, 1.165) is 0 Å². The Hall–Kier alpha value is -1.99. The van der Waals surface area contributed by atoms with Gasteiger partial charge in [0.05, 0.1) is 9.50 Å². The van der Waals surface area contributed by atoms with E-state index in [1.807, 2.05) is 0 Å². The Kier molecular flexibility index (Phi) is 7.31. The van der Waals surface area contributed by atoms with Gasteiger partial charge in [0.2, 0.25) is 5.78 Å². The normalized spacial score (nSPS) is 10.4. The van der Waals surface area contributed by atoms with E-state index in [0.29, 0.717) is 20.8 Å². The Balaban J connectivity index is 0.000000307. The molecule has 0 radical (unpaired) electrons. The van der Waals surface area contributed by atoms with Gasteiger partial charge in [-0.2, -0.15) is 0 Å². The minimum atomic E-state index is -0.725. The van der Waals surface area contributed by atoms with Crippen molar-refractivity contribution < 1.29 is 14.3 Å². The van der Waals surface area contributed by atoms with E-state index in [4.69, 9.17) is 17.3 Å². The number of rotatable bonds is 2. The molecule has 0 aliphatic rings. The minimum absolute atomic E-state index is 0.222. The molecule has 1 heterocycles. The first-order valence-electron chi connectivity index (χ1n) is 6.85. The molecule has 0 fully saturated rings. The van der Waals surface area contributed by atoms with Crippen molar-refractivity contribution in [2.45, 2.75) is 26.4 Å². The number of hydrogen-bond acceptors (Lipinski definition) is 5. The fourth-order valence-electron chi connectivity index (χ4n) is 1.55. The van der Waals surface area contributed by atoms with Crippen LogP contribution < -0.4 is 5.73 Å². The Morgan fingerprint density at radius 3 is 2.33 bits per heavy atom. The number of ketones is 1. The molecular formula is C16H17BrClN3O3. The molecule has 0 saturated carbocycles. The Labute approximate surface area is 153 Å². The number of primary amides is 1. The summed E-state index contributed by atoms with van der Waals surface area (Å²) in [5, 5.41) is 0.415. The summed E-state index contributed by atoms with van der Waals surface area (Å²) in [6.45, 7) is 5.28. The number of carbonyl (C=O) groups excluding carboxylic acids is 2. The van der Waals surface area contributed by atoms with E-state index in [9.17, 15) is 9.59 Å². The lowest BCUT2D eigenvalue weighted by atomic mass is 10.1. The molecule has 1 aromatic heterocycles. The van der Waals surface area contributed by atoms with Crippen LogP contribution in [0.5, 0.6) is 0 Å². The lowest BCUT2D eigenvalue weighted by Crippen LogP contribution is -2.27. The third-order valence-corrected chi connectivity index (χ3v) is 3.32. The predicted molar refractivity (Wildman–Crippen MR) is 95.0 cm³/mol. The van der Waals surface area contributed by atoms with E-state index in [1.165, 1.54) is 12.5 Å². The van der Waals surface area contributed by atoms with Gasteiger partial charge >= 0.3 is 6.09 Å². The first-order valence-corrected chi connectivity index (χ1v) is 8.02. The van der Waals surface area contributed by atoms with E-state index < -0.39 is 11.7 Å². The third kappa shape index (κ3) is 6.64. The number of nitrogens with zero attached hydrogens (tertiary/aromatic N) is 2. The zero-order valence-corrected chi connectivity index (χ0v) is 15.8. The lowest BCUT2D eigenvalue weighted by molar-refractivity contribution is 0.0600. The van der Waals surface area contributed by atoms with Crippen molar-refractivity contribution in [1.82, 2.24) is 9.97 Å². The van der Waals surface area contributed by atoms with Crippen molar-refractivity contribution in [3.8, 4) is 0 Å². The number of amides is 1. The largest absolute Gasteiger partial charge is 0.444 e. The summed E-state index contributed by atoms with van der Waals surface area (Å²) < 4.78 is 5.13. The quantitative estimate of drug-likeness (QED) is 0.749. The highest BCUT2D eigenvalue weighted by atomic mass is 79.9. The number of aromatic nitrogens is 2. The molecule has 1 aromatic carbocycles. The third-order valence-electron chi connectivity index (χ3n) is 2.41. The molecule has 0 atom stereocenters. The summed E-state index contributed by atoms with van der Waals surface area (Å²) in [5.74, 6) is -0.222. The summed E-state index contributed by atoms with van der Waals surface area (Å²) in [7, 11) is 0.